The van der Waals surface area contributed by atoms with Gasteiger partial charge in [-0.3, -0.25) is 4.99 Å². The Balaban J connectivity index is 0.00000192. The van der Waals surface area contributed by atoms with Gasteiger partial charge in [0.05, 0.1) is 18.8 Å². The molecule has 126 valence electrons. The molecule has 0 unspecified atom stereocenters. The Labute approximate surface area is 157 Å². The van der Waals surface area contributed by atoms with Crippen molar-refractivity contribution in [2.24, 2.45) is 4.99 Å². The van der Waals surface area contributed by atoms with E-state index in [1.165, 1.54) is 18.7 Å². The molecule has 3 rings (SSSR count). The number of nitrogens with one attached hydrogen (secondary N) is 2. The highest BCUT2D eigenvalue weighted by atomic mass is 127. The van der Waals surface area contributed by atoms with Gasteiger partial charge in [-0.05, 0) is 19.8 Å². The van der Waals surface area contributed by atoms with Crippen molar-refractivity contribution in [2.75, 3.05) is 7.05 Å². The fourth-order valence-corrected chi connectivity index (χ4v) is 3.31. The SMILES string of the molecule is CN=C(NCc1cn2c(n1)CCCC2)NCc1nc(C)cs1.I. The first-order valence-electron chi connectivity index (χ1n) is 7.65. The van der Waals surface area contributed by atoms with Crippen molar-refractivity contribution < 1.29 is 0 Å². The number of aryl methyl sites for hydroxylation is 3. The highest BCUT2D eigenvalue weighted by molar-refractivity contribution is 14.0. The average Bonchev–Trinajstić information content (AvgIpc) is 3.13. The van der Waals surface area contributed by atoms with Gasteiger partial charge in [0.2, 0.25) is 0 Å². The number of aromatic nitrogens is 3. The molecule has 0 radical (unpaired) electrons. The number of nitrogens with zero attached hydrogens (tertiary/aromatic N) is 4. The van der Waals surface area contributed by atoms with E-state index >= 15 is 0 Å². The molecule has 0 aromatic carbocycles. The van der Waals surface area contributed by atoms with Crippen molar-refractivity contribution in [3.63, 3.8) is 0 Å². The van der Waals surface area contributed by atoms with Gasteiger partial charge in [0, 0.05) is 37.3 Å². The number of guanidine groups is 1. The number of imidazole rings is 1. The fourth-order valence-electron chi connectivity index (χ4n) is 2.59. The standard InChI is InChI=1S/C15H22N6S.HI/c1-11-10-22-14(19-11)8-18-15(16-2)17-7-12-9-21-6-4-3-5-13(21)20-12;/h9-10H,3-8H2,1-2H3,(H2,16,17,18);1H. The number of thiazole rings is 1. The van der Waals surface area contributed by atoms with Crippen LogP contribution in [0.5, 0.6) is 0 Å². The van der Waals surface area contributed by atoms with Gasteiger partial charge in [-0.1, -0.05) is 0 Å². The van der Waals surface area contributed by atoms with Crippen LogP contribution in [0.3, 0.4) is 0 Å². The van der Waals surface area contributed by atoms with Crippen molar-refractivity contribution in [1.29, 1.82) is 0 Å². The molecule has 0 fully saturated rings. The second kappa shape index (κ2) is 8.62. The molecule has 0 spiro atoms. The molecule has 1 aliphatic rings. The van der Waals surface area contributed by atoms with E-state index in [1.807, 2.05) is 6.92 Å². The quantitative estimate of drug-likeness (QED) is 0.430. The number of fused-ring (bicyclic) bond motifs is 1. The van der Waals surface area contributed by atoms with E-state index in [2.05, 4.69) is 41.7 Å². The largest absolute Gasteiger partial charge is 0.351 e. The zero-order valence-corrected chi connectivity index (χ0v) is 16.6. The van der Waals surface area contributed by atoms with E-state index in [9.17, 15) is 0 Å². The number of rotatable bonds is 4. The molecule has 1 aliphatic heterocycles. The van der Waals surface area contributed by atoms with Crippen LogP contribution in [-0.4, -0.2) is 27.5 Å². The lowest BCUT2D eigenvalue weighted by Crippen LogP contribution is -2.36. The summed E-state index contributed by atoms with van der Waals surface area (Å²) in [6.07, 6.45) is 5.75. The highest BCUT2D eigenvalue weighted by Crippen LogP contribution is 2.14. The van der Waals surface area contributed by atoms with Crippen LogP contribution in [0, 0.1) is 6.92 Å². The average molecular weight is 446 g/mol. The number of hydrogen-bond acceptors (Lipinski definition) is 4. The first-order valence-corrected chi connectivity index (χ1v) is 8.53. The fraction of sp³-hybridized carbons (Fsp3) is 0.533. The first kappa shape index (κ1) is 18.2. The van der Waals surface area contributed by atoms with Crippen LogP contribution < -0.4 is 10.6 Å². The van der Waals surface area contributed by atoms with Crippen molar-refractivity contribution in [3.8, 4) is 0 Å². The van der Waals surface area contributed by atoms with Crippen molar-refractivity contribution >= 4 is 41.3 Å². The van der Waals surface area contributed by atoms with Gasteiger partial charge in [-0.25, -0.2) is 9.97 Å². The summed E-state index contributed by atoms with van der Waals surface area (Å²) in [6.45, 7) is 4.49. The van der Waals surface area contributed by atoms with Gasteiger partial charge in [0.1, 0.15) is 10.8 Å². The monoisotopic (exact) mass is 446 g/mol. The summed E-state index contributed by atoms with van der Waals surface area (Å²) in [5, 5.41) is 9.72. The Kier molecular flexibility index (Phi) is 6.82. The molecule has 2 N–H and O–H groups in total. The smallest absolute Gasteiger partial charge is 0.191 e. The molecule has 3 heterocycles. The van der Waals surface area contributed by atoms with Crippen LogP contribution in [0.4, 0.5) is 0 Å². The lowest BCUT2D eigenvalue weighted by molar-refractivity contribution is 0.522. The number of hydrogen-bond donors (Lipinski definition) is 2. The summed E-state index contributed by atoms with van der Waals surface area (Å²) in [7, 11) is 1.78. The molecule has 0 amide bonds. The summed E-state index contributed by atoms with van der Waals surface area (Å²) < 4.78 is 2.27. The molecular weight excluding hydrogens is 423 g/mol. The maximum Gasteiger partial charge on any atom is 0.191 e. The Bertz CT molecular complexity index is 639. The minimum atomic E-state index is 0. The molecule has 0 aliphatic carbocycles. The lowest BCUT2D eigenvalue weighted by atomic mass is 10.2. The summed E-state index contributed by atoms with van der Waals surface area (Å²) in [5.41, 5.74) is 2.14. The van der Waals surface area contributed by atoms with Gasteiger partial charge in [-0.15, -0.1) is 35.3 Å². The number of aliphatic imine (C=N–C) groups is 1. The van der Waals surface area contributed by atoms with Crippen LogP contribution in [0.25, 0.3) is 0 Å². The van der Waals surface area contributed by atoms with E-state index in [1.54, 1.807) is 18.4 Å². The zero-order valence-electron chi connectivity index (χ0n) is 13.5. The van der Waals surface area contributed by atoms with Gasteiger partial charge < -0.3 is 15.2 Å². The van der Waals surface area contributed by atoms with E-state index < -0.39 is 0 Å². The summed E-state index contributed by atoms with van der Waals surface area (Å²) in [4.78, 5) is 13.4. The lowest BCUT2D eigenvalue weighted by Gasteiger charge is -2.11. The van der Waals surface area contributed by atoms with Crippen LogP contribution in [0.15, 0.2) is 16.6 Å². The van der Waals surface area contributed by atoms with Gasteiger partial charge in [-0.2, -0.15) is 0 Å². The van der Waals surface area contributed by atoms with Crippen LogP contribution >= 0.6 is 35.3 Å². The zero-order chi connectivity index (χ0) is 15.4. The van der Waals surface area contributed by atoms with Crippen molar-refractivity contribution in [2.45, 2.75) is 45.8 Å². The Morgan fingerprint density at radius 3 is 2.83 bits per heavy atom. The van der Waals surface area contributed by atoms with Crippen LogP contribution in [-0.2, 0) is 26.1 Å². The Morgan fingerprint density at radius 1 is 1.30 bits per heavy atom. The van der Waals surface area contributed by atoms with Gasteiger partial charge in [0.15, 0.2) is 5.96 Å². The molecule has 0 saturated carbocycles. The van der Waals surface area contributed by atoms with E-state index in [4.69, 9.17) is 0 Å². The molecule has 0 saturated heterocycles. The molecule has 2 aromatic heterocycles. The summed E-state index contributed by atoms with van der Waals surface area (Å²) in [5.74, 6) is 1.99. The molecule has 0 bridgehead atoms. The third-order valence-electron chi connectivity index (χ3n) is 3.69. The third-order valence-corrected chi connectivity index (χ3v) is 4.66. The minimum absolute atomic E-state index is 0. The molecule has 8 heteroatoms. The van der Waals surface area contributed by atoms with Crippen LogP contribution in [0.2, 0.25) is 0 Å². The predicted octanol–water partition coefficient (Wildman–Crippen LogP) is 2.47. The first-order chi connectivity index (χ1) is 10.7. The maximum atomic E-state index is 4.69. The molecular formula is C15H23IN6S. The molecule has 2 aromatic rings. The number of halogens is 1. The predicted molar refractivity (Wildman–Crippen MR) is 104 cm³/mol. The Morgan fingerprint density at radius 2 is 2.13 bits per heavy atom. The maximum absolute atomic E-state index is 4.69. The van der Waals surface area contributed by atoms with E-state index in [0.717, 1.165) is 35.3 Å². The van der Waals surface area contributed by atoms with Crippen LogP contribution in [0.1, 0.15) is 35.1 Å². The topological polar surface area (TPSA) is 67.1 Å². The third kappa shape index (κ3) is 4.90. The minimum Gasteiger partial charge on any atom is -0.351 e. The second-order valence-electron chi connectivity index (χ2n) is 5.46. The van der Waals surface area contributed by atoms with Gasteiger partial charge in [0.25, 0.3) is 0 Å². The Hall–Kier alpha value is -1.16. The summed E-state index contributed by atoms with van der Waals surface area (Å²) >= 11 is 1.66. The van der Waals surface area contributed by atoms with Gasteiger partial charge >= 0.3 is 0 Å². The van der Waals surface area contributed by atoms with Crippen molar-refractivity contribution in [3.05, 3.63) is 33.8 Å². The van der Waals surface area contributed by atoms with E-state index in [-0.39, 0.29) is 24.0 Å². The molecule has 23 heavy (non-hydrogen) atoms. The molecule has 6 nitrogen and oxygen atoms in total. The summed E-state index contributed by atoms with van der Waals surface area (Å²) in [6, 6.07) is 0. The van der Waals surface area contributed by atoms with Crippen molar-refractivity contribution in [1.82, 2.24) is 25.2 Å². The second-order valence-corrected chi connectivity index (χ2v) is 6.40. The molecule has 0 atom stereocenters. The highest BCUT2D eigenvalue weighted by Gasteiger charge is 2.12. The normalized spacial score (nSPS) is 14.1. The van der Waals surface area contributed by atoms with E-state index in [0.29, 0.717) is 13.1 Å².